The number of carbonyl (C=O) groups is 1. The minimum atomic E-state index is -0.991. The number of fused-ring (bicyclic) bond motifs is 1. The molecule has 0 saturated heterocycles. The Morgan fingerprint density at radius 1 is 1.32 bits per heavy atom. The minimum Gasteiger partial charge on any atom is -0.491 e. The summed E-state index contributed by atoms with van der Waals surface area (Å²) in [6, 6.07) is 2.16. The number of hydrogen-bond acceptors (Lipinski definition) is 4. The van der Waals surface area contributed by atoms with Crippen molar-refractivity contribution in [2.75, 3.05) is 7.11 Å². The molecule has 0 bridgehead atoms. The molecule has 3 rings (SSSR count). The van der Waals surface area contributed by atoms with Crippen LogP contribution in [0.3, 0.4) is 0 Å². The second-order valence-electron chi connectivity index (χ2n) is 6.46. The van der Waals surface area contributed by atoms with Crippen LogP contribution >= 0.6 is 0 Å². The Balaban J connectivity index is 1.83. The number of rotatable bonds is 4. The van der Waals surface area contributed by atoms with Gasteiger partial charge >= 0.3 is 0 Å². The highest BCUT2D eigenvalue weighted by atomic mass is 19.1. The second-order valence-corrected chi connectivity index (χ2v) is 6.46. The SMILES string of the molecule is COc1c(F)ccc(C(=O)N2Cc3cnc(CC(C)C)nc3C2)c1F. The van der Waals surface area contributed by atoms with Crippen LogP contribution in [-0.2, 0) is 19.5 Å². The molecule has 0 N–H and O–H groups in total. The maximum Gasteiger partial charge on any atom is 0.257 e. The third kappa shape index (κ3) is 3.31. The molecule has 132 valence electrons. The molecule has 0 atom stereocenters. The van der Waals surface area contributed by atoms with Crippen LogP contribution in [0.25, 0.3) is 0 Å². The lowest BCUT2D eigenvalue weighted by Crippen LogP contribution is -2.26. The van der Waals surface area contributed by atoms with Crippen molar-refractivity contribution in [3.63, 3.8) is 0 Å². The van der Waals surface area contributed by atoms with Gasteiger partial charge in [0.05, 0.1) is 24.9 Å². The van der Waals surface area contributed by atoms with Gasteiger partial charge in [0.25, 0.3) is 5.91 Å². The van der Waals surface area contributed by atoms with E-state index < -0.39 is 23.3 Å². The third-order valence-electron chi connectivity index (χ3n) is 4.07. The van der Waals surface area contributed by atoms with Gasteiger partial charge in [0.2, 0.25) is 0 Å². The van der Waals surface area contributed by atoms with Crippen molar-refractivity contribution in [3.05, 3.63) is 52.6 Å². The van der Waals surface area contributed by atoms with Crippen molar-refractivity contribution in [2.45, 2.75) is 33.4 Å². The van der Waals surface area contributed by atoms with Gasteiger partial charge in [0, 0.05) is 24.7 Å². The fraction of sp³-hybridized carbons (Fsp3) is 0.389. The summed E-state index contributed by atoms with van der Waals surface area (Å²) in [4.78, 5) is 22.9. The third-order valence-corrected chi connectivity index (χ3v) is 4.07. The molecule has 7 heteroatoms. The van der Waals surface area contributed by atoms with Gasteiger partial charge < -0.3 is 9.64 Å². The first-order chi connectivity index (χ1) is 11.9. The highest BCUT2D eigenvalue weighted by Gasteiger charge is 2.29. The normalized spacial score (nSPS) is 13.3. The molecule has 1 aromatic carbocycles. The number of hydrogen-bond donors (Lipinski definition) is 0. The lowest BCUT2D eigenvalue weighted by atomic mass is 10.1. The van der Waals surface area contributed by atoms with E-state index >= 15 is 0 Å². The monoisotopic (exact) mass is 347 g/mol. The van der Waals surface area contributed by atoms with Crippen molar-refractivity contribution >= 4 is 5.91 Å². The predicted octanol–water partition coefficient (Wildman–Crippen LogP) is 3.12. The van der Waals surface area contributed by atoms with E-state index in [1.807, 2.05) is 0 Å². The number of aromatic nitrogens is 2. The van der Waals surface area contributed by atoms with Crippen LogP contribution in [0.2, 0.25) is 0 Å². The van der Waals surface area contributed by atoms with Gasteiger partial charge in [-0.3, -0.25) is 4.79 Å². The van der Waals surface area contributed by atoms with Crippen molar-refractivity contribution < 1.29 is 18.3 Å². The number of halogens is 2. The van der Waals surface area contributed by atoms with Crippen LogP contribution in [0, 0.1) is 17.6 Å². The van der Waals surface area contributed by atoms with E-state index in [4.69, 9.17) is 4.74 Å². The van der Waals surface area contributed by atoms with Crippen molar-refractivity contribution in [3.8, 4) is 5.75 Å². The summed E-state index contributed by atoms with van der Waals surface area (Å²) < 4.78 is 32.6. The Hall–Kier alpha value is -2.57. The van der Waals surface area contributed by atoms with E-state index in [1.54, 1.807) is 6.20 Å². The molecule has 0 aliphatic carbocycles. The van der Waals surface area contributed by atoms with E-state index in [2.05, 4.69) is 23.8 Å². The first kappa shape index (κ1) is 17.3. The Kier molecular flexibility index (Phi) is 4.65. The standard InChI is InChI=1S/C18H19F2N3O2/c1-10(2)6-15-21-7-11-8-23(9-14(11)22-15)18(24)12-4-5-13(19)17(25-3)16(12)20/h4-5,7,10H,6,8-9H2,1-3H3. The Labute approximate surface area is 144 Å². The summed E-state index contributed by atoms with van der Waals surface area (Å²) in [6.45, 7) is 4.74. The summed E-state index contributed by atoms with van der Waals surface area (Å²) in [5.74, 6) is -1.75. The lowest BCUT2D eigenvalue weighted by Gasteiger charge is -2.16. The highest BCUT2D eigenvalue weighted by Crippen LogP contribution is 2.28. The Morgan fingerprint density at radius 2 is 2.08 bits per heavy atom. The molecule has 5 nitrogen and oxygen atoms in total. The molecular formula is C18H19F2N3O2. The Morgan fingerprint density at radius 3 is 2.76 bits per heavy atom. The molecule has 25 heavy (non-hydrogen) atoms. The quantitative estimate of drug-likeness (QED) is 0.853. The van der Waals surface area contributed by atoms with E-state index in [0.717, 1.165) is 42.7 Å². The molecule has 1 amide bonds. The smallest absolute Gasteiger partial charge is 0.257 e. The van der Waals surface area contributed by atoms with Gasteiger partial charge in [-0.2, -0.15) is 0 Å². The van der Waals surface area contributed by atoms with Gasteiger partial charge in [-0.15, -0.1) is 0 Å². The van der Waals surface area contributed by atoms with Crippen LogP contribution in [0.5, 0.6) is 5.75 Å². The number of benzene rings is 1. The number of ether oxygens (including phenoxy) is 1. The number of methoxy groups -OCH3 is 1. The highest BCUT2D eigenvalue weighted by molar-refractivity contribution is 5.95. The minimum absolute atomic E-state index is 0.221. The first-order valence-electron chi connectivity index (χ1n) is 8.05. The van der Waals surface area contributed by atoms with Gasteiger partial charge in [-0.1, -0.05) is 13.8 Å². The lowest BCUT2D eigenvalue weighted by molar-refractivity contribution is 0.0744. The molecule has 1 aromatic heterocycles. The maximum atomic E-state index is 14.3. The van der Waals surface area contributed by atoms with Crippen LogP contribution < -0.4 is 4.74 Å². The van der Waals surface area contributed by atoms with E-state index in [1.165, 1.54) is 4.90 Å². The van der Waals surface area contributed by atoms with Gasteiger partial charge in [-0.05, 0) is 18.1 Å². The molecule has 2 aromatic rings. The Bertz CT molecular complexity index is 824. The number of carbonyl (C=O) groups excluding carboxylic acids is 1. The van der Waals surface area contributed by atoms with Crippen LogP contribution in [0.4, 0.5) is 8.78 Å². The first-order valence-corrected chi connectivity index (χ1v) is 8.05. The average molecular weight is 347 g/mol. The van der Waals surface area contributed by atoms with Crippen LogP contribution in [0.15, 0.2) is 18.3 Å². The summed E-state index contributed by atoms with van der Waals surface area (Å²) in [7, 11) is 1.16. The zero-order valence-corrected chi connectivity index (χ0v) is 14.3. The number of nitrogens with zero attached hydrogens (tertiary/aromatic N) is 3. The van der Waals surface area contributed by atoms with E-state index in [9.17, 15) is 13.6 Å². The topological polar surface area (TPSA) is 55.3 Å². The van der Waals surface area contributed by atoms with Crippen molar-refractivity contribution in [2.24, 2.45) is 5.92 Å². The number of amides is 1. The van der Waals surface area contributed by atoms with Gasteiger partial charge in [-0.25, -0.2) is 18.7 Å². The summed E-state index contributed by atoms with van der Waals surface area (Å²) >= 11 is 0. The zero-order chi connectivity index (χ0) is 18.1. The van der Waals surface area contributed by atoms with Gasteiger partial charge in [0.1, 0.15) is 5.82 Å². The molecule has 1 aliphatic heterocycles. The molecule has 1 aliphatic rings. The molecule has 0 radical (unpaired) electrons. The average Bonchev–Trinajstić information content (AvgIpc) is 2.97. The maximum absolute atomic E-state index is 14.3. The molecule has 2 heterocycles. The van der Waals surface area contributed by atoms with E-state index in [-0.39, 0.29) is 12.1 Å². The largest absolute Gasteiger partial charge is 0.491 e. The fourth-order valence-corrected chi connectivity index (χ4v) is 2.86. The fourth-order valence-electron chi connectivity index (χ4n) is 2.86. The molecule has 0 fully saturated rings. The van der Waals surface area contributed by atoms with Crippen LogP contribution in [-0.4, -0.2) is 27.9 Å². The molecule has 0 unspecified atom stereocenters. The summed E-state index contributed by atoms with van der Waals surface area (Å²) in [5, 5.41) is 0. The van der Waals surface area contributed by atoms with E-state index in [0.29, 0.717) is 12.5 Å². The van der Waals surface area contributed by atoms with Crippen molar-refractivity contribution in [1.82, 2.24) is 14.9 Å². The predicted molar refractivity (Wildman–Crippen MR) is 87.1 cm³/mol. The zero-order valence-electron chi connectivity index (χ0n) is 14.3. The molecule has 0 saturated carbocycles. The molecular weight excluding hydrogens is 328 g/mol. The van der Waals surface area contributed by atoms with Gasteiger partial charge in [0.15, 0.2) is 17.4 Å². The van der Waals surface area contributed by atoms with Crippen LogP contribution in [0.1, 0.15) is 41.3 Å². The summed E-state index contributed by atoms with van der Waals surface area (Å²) in [6.07, 6.45) is 2.47. The molecule has 0 spiro atoms. The summed E-state index contributed by atoms with van der Waals surface area (Å²) in [5.41, 5.74) is 1.39. The van der Waals surface area contributed by atoms with Crippen molar-refractivity contribution in [1.29, 1.82) is 0 Å². The second kappa shape index (κ2) is 6.74.